The molecule has 1 aliphatic heterocycles. The van der Waals surface area contributed by atoms with E-state index < -0.39 is 6.61 Å². The summed E-state index contributed by atoms with van der Waals surface area (Å²) in [6.07, 6.45) is 3.59. The van der Waals surface area contributed by atoms with Gasteiger partial charge in [0.25, 0.3) is 0 Å². The Bertz CT molecular complexity index is 1360. The molecule has 1 fully saturated rings. The maximum absolute atomic E-state index is 13.0. The van der Waals surface area contributed by atoms with E-state index in [4.69, 9.17) is 9.15 Å². The van der Waals surface area contributed by atoms with E-state index in [0.29, 0.717) is 30.5 Å². The fourth-order valence-corrected chi connectivity index (χ4v) is 4.72. The van der Waals surface area contributed by atoms with E-state index in [-0.39, 0.29) is 28.6 Å². The smallest absolute Gasteiger partial charge is 0.387 e. The topological polar surface area (TPSA) is 55.6 Å². The average Bonchev–Trinajstić information content (AvgIpc) is 3.35. The Balaban J connectivity index is 1.46. The fourth-order valence-electron chi connectivity index (χ4n) is 4.72. The van der Waals surface area contributed by atoms with E-state index in [1.54, 1.807) is 24.5 Å². The van der Waals surface area contributed by atoms with Crippen LogP contribution in [0.5, 0.6) is 5.75 Å². The molecule has 1 amide bonds. The average molecular weight is 465 g/mol. The highest BCUT2D eigenvalue weighted by Gasteiger charge is 2.33. The molecule has 0 spiro atoms. The van der Waals surface area contributed by atoms with E-state index in [2.05, 4.69) is 50.0 Å². The van der Waals surface area contributed by atoms with E-state index in [9.17, 15) is 13.6 Å². The number of alkyl halides is 2. The van der Waals surface area contributed by atoms with E-state index >= 15 is 0 Å². The number of benzene rings is 2. The van der Waals surface area contributed by atoms with Crippen LogP contribution in [0.4, 0.5) is 8.78 Å². The summed E-state index contributed by atoms with van der Waals surface area (Å²) in [6, 6.07) is 13.3. The van der Waals surface area contributed by atoms with Gasteiger partial charge in [-0.25, -0.2) is 0 Å². The number of rotatable bonds is 5. The molecule has 3 heterocycles. The van der Waals surface area contributed by atoms with Crippen LogP contribution in [0, 0.1) is 0 Å². The maximum Gasteiger partial charge on any atom is 0.387 e. The van der Waals surface area contributed by atoms with Gasteiger partial charge in [0.15, 0.2) is 11.3 Å². The third-order valence-electron chi connectivity index (χ3n) is 6.48. The minimum Gasteiger partial charge on any atom is -0.452 e. The highest BCUT2D eigenvalue weighted by atomic mass is 19.3. The van der Waals surface area contributed by atoms with Crippen molar-refractivity contribution in [3.05, 3.63) is 71.5 Å². The van der Waals surface area contributed by atoms with Crippen LogP contribution >= 0.6 is 0 Å². The minimum atomic E-state index is -2.96. The molecular formula is C27H26F2N2O3. The van der Waals surface area contributed by atoms with Crippen LogP contribution in [0.1, 0.15) is 49.8 Å². The Morgan fingerprint density at radius 2 is 1.91 bits per heavy atom. The van der Waals surface area contributed by atoms with Crippen molar-refractivity contribution >= 4 is 27.8 Å². The molecule has 0 aliphatic carbocycles. The number of amides is 1. The van der Waals surface area contributed by atoms with Crippen LogP contribution in [0.3, 0.4) is 0 Å². The van der Waals surface area contributed by atoms with Crippen LogP contribution in [-0.2, 0) is 16.8 Å². The van der Waals surface area contributed by atoms with Crippen LogP contribution in [-0.4, -0.2) is 28.9 Å². The fraction of sp³-hybridized carbons (Fsp3) is 0.333. The van der Waals surface area contributed by atoms with Crippen molar-refractivity contribution in [1.82, 2.24) is 9.88 Å². The number of fused-ring (bicyclic) bond motifs is 3. The van der Waals surface area contributed by atoms with Crippen LogP contribution in [0.15, 0.2) is 59.3 Å². The second-order valence-corrected chi connectivity index (χ2v) is 9.83. The standard InChI is InChI=1S/C27H26F2N2O3/c1-27(2,3)18-6-4-16(5-7-18)14-31-15-17(12-23(31)32)19-8-9-22(34-26(28)29)25-24(19)20-13-30-11-10-21(20)33-25/h4-11,13,17,26H,12,14-15H2,1-3H3. The molecule has 176 valence electrons. The van der Waals surface area contributed by atoms with E-state index in [1.165, 1.54) is 11.6 Å². The summed E-state index contributed by atoms with van der Waals surface area (Å²) in [7, 11) is 0. The van der Waals surface area contributed by atoms with Gasteiger partial charge in [-0.3, -0.25) is 9.78 Å². The predicted octanol–water partition coefficient (Wildman–Crippen LogP) is 6.40. The van der Waals surface area contributed by atoms with Crippen LogP contribution in [0.2, 0.25) is 0 Å². The molecular weight excluding hydrogens is 438 g/mol. The van der Waals surface area contributed by atoms with Gasteiger partial charge in [-0.1, -0.05) is 51.1 Å². The second-order valence-electron chi connectivity index (χ2n) is 9.83. The molecule has 0 radical (unpaired) electrons. The first-order chi connectivity index (χ1) is 16.2. The summed E-state index contributed by atoms with van der Waals surface area (Å²) in [4.78, 5) is 18.9. The van der Waals surface area contributed by atoms with Gasteiger partial charge in [0.1, 0.15) is 5.58 Å². The molecule has 0 N–H and O–H groups in total. The lowest BCUT2D eigenvalue weighted by molar-refractivity contribution is -0.128. The molecule has 0 saturated carbocycles. The normalized spacial score (nSPS) is 16.8. The summed E-state index contributed by atoms with van der Waals surface area (Å²) < 4.78 is 36.5. The van der Waals surface area contributed by atoms with Gasteiger partial charge in [-0.15, -0.1) is 0 Å². The third-order valence-corrected chi connectivity index (χ3v) is 6.48. The molecule has 5 nitrogen and oxygen atoms in total. The SMILES string of the molecule is CC(C)(C)c1ccc(CN2CC(c3ccc(OC(F)F)c4oc5ccncc5c34)CC2=O)cc1. The van der Waals surface area contributed by atoms with Crippen molar-refractivity contribution in [1.29, 1.82) is 0 Å². The number of hydrogen-bond acceptors (Lipinski definition) is 4. The Morgan fingerprint density at radius 1 is 1.15 bits per heavy atom. The summed E-state index contributed by atoms with van der Waals surface area (Å²) in [5, 5.41) is 1.39. The number of ether oxygens (including phenoxy) is 1. The Kier molecular flexibility index (Phi) is 5.50. The summed E-state index contributed by atoms with van der Waals surface area (Å²) in [5.74, 6) is -0.0487. The molecule has 4 aromatic rings. The number of hydrogen-bond donors (Lipinski definition) is 0. The van der Waals surface area contributed by atoms with Crippen LogP contribution < -0.4 is 4.74 Å². The van der Waals surface area contributed by atoms with E-state index in [0.717, 1.165) is 16.5 Å². The van der Waals surface area contributed by atoms with Crippen molar-refractivity contribution in [3.63, 3.8) is 0 Å². The summed E-state index contributed by atoms with van der Waals surface area (Å²) in [6.45, 7) is 4.62. The molecule has 7 heteroatoms. The number of nitrogens with zero attached hydrogens (tertiary/aromatic N) is 2. The predicted molar refractivity (Wildman–Crippen MR) is 126 cm³/mol. The maximum atomic E-state index is 13.0. The van der Waals surface area contributed by atoms with Gasteiger partial charge in [-0.2, -0.15) is 8.78 Å². The Hall–Kier alpha value is -3.48. The number of carbonyl (C=O) groups is 1. The van der Waals surface area contributed by atoms with Gasteiger partial charge in [0, 0.05) is 48.6 Å². The van der Waals surface area contributed by atoms with Gasteiger partial charge in [-0.05, 0) is 34.2 Å². The zero-order chi connectivity index (χ0) is 24.0. The lowest BCUT2D eigenvalue weighted by Gasteiger charge is -2.21. The van der Waals surface area contributed by atoms with Gasteiger partial charge in [0.2, 0.25) is 5.91 Å². The number of pyridine rings is 1. The quantitative estimate of drug-likeness (QED) is 0.343. The number of furan rings is 1. The molecule has 1 saturated heterocycles. The lowest BCUT2D eigenvalue weighted by atomic mass is 9.87. The zero-order valence-electron chi connectivity index (χ0n) is 19.3. The molecule has 1 aliphatic rings. The minimum absolute atomic E-state index is 0.0231. The molecule has 1 atom stereocenters. The Labute approximate surface area is 196 Å². The first kappa shape index (κ1) is 22.3. The largest absolute Gasteiger partial charge is 0.452 e. The molecule has 5 rings (SSSR count). The van der Waals surface area contributed by atoms with Crippen LogP contribution in [0.25, 0.3) is 21.9 Å². The number of carbonyl (C=O) groups excluding carboxylic acids is 1. The molecule has 2 aromatic carbocycles. The highest BCUT2D eigenvalue weighted by molar-refractivity contribution is 6.08. The first-order valence-corrected chi connectivity index (χ1v) is 11.3. The van der Waals surface area contributed by atoms with Crippen molar-refractivity contribution in [2.45, 2.75) is 51.7 Å². The van der Waals surface area contributed by atoms with Crippen molar-refractivity contribution in [2.24, 2.45) is 0 Å². The van der Waals surface area contributed by atoms with Crippen molar-refractivity contribution in [2.75, 3.05) is 6.54 Å². The van der Waals surface area contributed by atoms with Gasteiger partial charge in [0.05, 0.1) is 0 Å². The Morgan fingerprint density at radius 3 is 2.62 bits per heavy atom. The molecule has 34 heavy (non-hydrogen) atoms. The molecule has 2 aromatic heterocycles. The van der Waals surface area contributed by atoms with E-state index in [1.807, 2.05) is 4.90 Å². The first-order valence-electron chi connectivity index (χ1n) is 11.3. The summed E-state index contributed by atoms with van der Waals surface area (Å²) >= 11 is 0. The van der Waals surface area contributed by atoms with Gasteiger partial charge < -0.3 is 14.1 Å². The monoisotopic (exact) mass is 464 g/mol. The number of halogens is 2. The lowest BCUT2D eigenvalue weighted by Crippen LogP contribution is -2.24. The van der Waals surface area contributed by atoms with Gasteiger partial charge >= 0.3 is 6.61 Å². The third kappa shape index (κ3) is 4.11. The number of likely N-dealkylation sites (tertiary alicyclic amines) is 1. The van der Waals surface area contributed by atoms with Crippen molar-refractivity contribution in [3.8, 4) is 5.75 Å². The highest BCUT2D eigenvalue weighted by Crippen LogP contribution is 2.42. The molecule has 1 unspecified atom stereocenters. The summed E-state index contributed by atoms with van der Waals surface area (Å²) in [5.41, 5.74) is 4.06. The second kappa shape index (κ2) is 8.38. The number of aromatic nitrogens is 1. The molecule has 0 bridgehead atoms. The van der Waals surface area contributed by atoms with Crippen molar-refractivity contribution < 1.29 is 22.7 Å². The zero-order valence-corrected chi connectivity index (χ0v) is 19.3.